The second-order valence-corrected chi connectivity index (χ2v) is 9.39. The highest BCUT2D eigenvalue weighted by Gasteiger charge is 2.33. The van der Waals surface area contributed by atoms with E-state index in [1.807, 2.05) is 30.3 Å². The van der Waals surface area contributed by atoms with Crippen LogP contribution in [0.3, 0.4) is 0 Å². The summed E-state index contributed by atoms with van der Waals surface area (Å²) in [6, 6.07) is 10.1. The van der Waals surface area contributed by atoms with Crippen molar-refractivity contribution in [3.8, 4) is 0 Å². The summed E-state index contributed by atoms with van der Waals surface area (Å²) in [7, 11) is 0. The van der Waals surface area contributed by atoms with Crippen LogP contribution in [0.25, 0.3) is 0 Å². The summed E-state index contributed by atoms with van der Waals surface area (Å²) in [5.74, 6) is -1.20. The molecule has 3 amide bonds. The molecule has 0 saturated carbocycles. The number of rotatable bonds is 15. The van der Waals surface area contributed by atoms with Gasteiger partial charge in [-0.2, -0.15) is 0 Å². The molecule has 5 atom stereocenters. The van der Waals surface area contributed by atoms with E-state index in [9.17, 15) is 24.6 Å². The minimum atomic E-state index is -1.37. The van der Waals surface area contributed by atoms with E-state index in [2.05, 4.69) is 27.9 Å². The molecule has 0 bridgehead atoms. The van der Waals surface area contributed by atoms with Gasteiger partial charge in [-0.25, -0.2) is 0 Å². The van der Waals surface area contributed by atoms with E-state index in [1.54, 1.807) is 25.3 Å². The number of aliphatic hydroxyl groups excluding tert-OH is 2. The van der Waals surface area contributed by atoms with Crippen molar-refractivity contribution in [3.63, 3.8) is 0 Å². The number of unbranched alkanes of at least 4 members (excludes halogenated alkanes) is 3. The third-order valence-electron chi connectivity index (χ3n) is 6.22. The van der Waals surface area contributed by atoms with Crippen LogP contribution in [0.15, 0.2) is 54.9 Å². The van der Waals surface area contributed by atoms with Crippen LogP contribution in [0.4, 0.5) is 0 Å². The molecule has 37 heavy (non-hydrogen) atoms. The van der Waals surface area contributed by atoms with Crippen LogP contribution in [-0.4, -0.2) is 63.3 Å². The van der Waals surface area contributed by atoms with Gasteiger partial charge in [-0.3, -0.25) is 19.4 Å². The first-order valence-electron chi connectivity index (χ1n) is 12.9. The maximum atomic E-state index is 13.4. The lowest BCUT2D eigenvalue weighted by Gasteiger charge is -2.32. The summed E-state index contributed by atoms with van der Waals surface area (Å²) < 4.78 is 0. The van der Waals surface area contributed by atoms with E-state index in [1.165, 1.54) is 13.1 Å². The molecule has 9 nitrogen and oxygen atoms in total. The average Bonchev–Trinajstić information content (AvgIpc) is 2.89. The van der Waals surface area contributed by atoms with Crippen molar-refractivity contribution < 1.29 is 24.6 Å². The number of nitrogens with one attached hydrogen (secondary N) is 3. The lowest BCUT2D eigenvalue weighted by molar-refractivity contribution is -0.126. The van der Waals surface area contributed by atoms with Gasteiger partial charge in [-0.15, -0.1) is 0 Å². The number of hydrogen-bond donors (Lipinski definition) is 5. The molecule has 2 rings (SSSR count). The first-order valence-corrected chi connectivity index (χ1v) is 12.9. The Kier molecular flexibility index (Phi) is 12.7. The summed E-state index contributed by atoms with van der Waals surface area (Å²) in [5.41, 5.74) is 1.19. The molecule has 0 unspecified atom stereocenters. The molecule has 0 spiro atoms. The number of aliphatic hydroxyl groups is 2. The summed E-state index contributed by atoms with van der Waals surface area (Å²) in [6.07, 6.45) is 4.69. The van der Waals surface area contributed by atoms with Crippen molar-refractivity contribution in [1.29, 1.82) is 0 Å². The molecule has 202 valence electrons. The number of pyridine rings is 1. The predicted octanol–water partition coefficient (Wildman–Crippen LogP) is 2.12. The Morgan fingerprint density at radius 2 is 1.65 bits per heavy atom. The van der Waals surface area contributed by atoms with Crippen molar-refractivity contribution >= 4 is 17.7 Å². The van der Waals surface area contributed by atoms with Crippen LogP contribution in [0.1, 0.15) is 68.8 Å². The maximum Gasteiger partial charge on any atom is 0.253 e. The first-order chi connectivity index (χ1) is 17.7. The zero-order valence-electron chi connectivity index (χ0n) is 21.9. The van der Waals surface area contributed by atoms with Gasteiger partial charge in [0.05, 0.1) is 17.6 Å². The van der Waals surface area contributed by atoms with Gasteiger partial charge in [-0.05, 0) is 37.5 Å². The van der Waals surface area contributed by atoms with Gasteiger partial charge in [0.25, 0.3) is 5.91 Å². The Morgan fingerprint density at radius 1 is 0.919 bits per heavy atom. The molecule has 2 aromatic rings. The molecule has 9 heteroatoms. The van der Waals surface area contributed by atoms with E-state index in [0.717, 1.165) is 31.2 Å². The fourth-order valence-corrected chi connectivity index (χ4v) is 4.13. The van der Waals surface area contributed by atoms with Crippen LogP contribution in [0.5, 0.6) is 0 Å². The van der Waals surface area contributed by atoms with Crippen molar-refractivity contribution in [2.75, 3.05) is 0 Å². The number of benzene rings is 1. The molecule has 1 aromatic carbocycles. The van der Waals surface area contributed by atoms with Crippen LogP contribution < -0.4 is 16.0 Å². The molecule has 0 aliphatic rings. The maximum absolute atomic E-state index is 13.4. The fraction of sp³-hybridized carbons (Fsp3) is 0.500. The van der Waals surface area contributed by atoms with Gasteiger partial charge >= 0.3 is 0 Å². The Bertz CT molecular complexity index is 973. The highest BCUT2D eigenvalue weighted by atomic mass is 16.3. The number of hydrogen-bond acceptors (Lipinski definition) is 6. The van der Waals surface area contributed by atoms with Crippen molar-refractivity contribution in [2.24, 2.45) is 0 Å². The fourth-order valence-electron chi connectivity index (χ4n) is 4.13. The monoisotopic (exact) mass is 512 g/mol. The molecule has 0 fully saturated rings. The molecule has 0 aliphatic heterocycles. The van der Waals surface area contributed by atoms with Gasteiger partial charge in [-0.1, -0.05) is 62.9 Å². The van der Waals surface area contributed by atoms with Gasteiger partial charge in [0.2, 0.25) is 11.8 Å². The number of carbonyl (C=O) groups is 3. The Hall–Kier alpha value is -3.30. The SMILES string of the molecule is CCCCCC[C@@H](NC(=O)c1cccnc1)C(=O)N[C@H](Cc1ccccc1)[C@@H](O)[C@H](O)[C@H](C)NC(C)=O. The predicted molar refractivity (Wildman–Crippen MR) is 142 cm³/mol. The summed E-state index contributed by atoms with van der Waals surface area (Å²) >= 11 is 0. The molecule has 5 N–H and O–H groups in total. The smallest absolute Gasteiger partial charge is 0.253 e. The lowest BCUT2D eigenvalue weighted by atomic mass is 9.94. The first kappa shape index (κ1) is 29.9. The van der Waals surface area contributed by atoms with Crippen LogP contribution in [0.2, 0.25) is 0 Å². The quantitative estimate of drug-likeness (QED) is 0.232. The number of nitrogens with zero attached hydrogens (tertiary/aromatic N) is 1. The number of amides is 3. The van der Waals surface area contributed by atoms with Crippen molar-refractivity contribution in [2.45, 2.75) is 89.6 Å². The summed E-state index contributed by atoms with van der Waals surface area (Å²) in [6.45, 7) is 5.01. The summed E-state index contributed by atoms with van der Waals surface area (Å²) in [4.78, 5) is 41.7. The molecule has 0 radical (unpaired) electrons. The van der Waals surface area contributed by atoms with Gasteiger partial charge in [0.15, 0.2) is 0 Å². The van der Waals surface area contributed by atoms with Crippen LogP contribution in [-0.2, 0) is 16.0 Å². The zero-order chi connectivity index (χ0) is 27.2. The molecular weight excluding hydrogens is 472 g/mol. The highest BCUT2D eigenvalue weighted by molar-refractivity contribution is 5.97. The van der Waals surface area contributed by atoms with E-state index < -0.39 is 42.1 Å². The van der Waals surface area contributed by atoms with Gasteiger partial charge < -0.3 is 26.2 Å². The second kappa shape index (κ2) is 15.7. The van der Waals surface area contributed by atoms with E-state index in [-0.39, 0.29) is 12.3 Å². The van der Waals surface area contributed by atoms with Gasteiger partial charge in [0.1, 0.15) is 18.2 Å². The van der Waals surface area contributed by atoms with Crippen LogP contribution in [0, 0.1) is 0 Å². The molecule has 1 heterocycles. The van der Waals surface area contributed by atoms with Crippen LogP contribution >= 0.6 is 0 Å². The lowest BCUT2D eigenvalue weighted by Crippen LogP contribution is -2.58. The third kappa shape index (κ3) is 10.3. The largest absolute Gasteiger partial charge is 0.388 e. The number of carbonyl (C=O) groups excluding carboxylic acids is 3. The minimum Gasteiger partial charge on any atom is -0.388 e. The average molecular weight is 513 g/mol. The van der Waals surface area contributed by atoms with Gasteiger partial charge in [0, 0.05) is 19.3 Å². The molecule has 0 saturated heterocycles. The number of aromatic nitrogens is 1. The minimum absolute atomic E-state index is 0.247. The van der Waals surface area contributed by atoms with E-state index in [0.29, 0.717) is 12.0 Å². The Morgan fingerprint density at radius 3 is 2.27 bits per heavy atom. The molecule has 1 aromatic heterocycles. The second-order valence-electron chi connectivity index (χ2n) is 9.39. The summed E-state index contributed by atoms with van der Waals surface area (Å²) in [5, 5.41) is 30.0. The molecule has 0 aliphatic carbocycles. The normalized spacial score (nSPS) is 15.1. The zero-order valence-corrected chi connectivity index (χ0v) is 21.9. The Balaban J connectivity index is 2.22. The standard InChI is InChI=1S/C28H40N4O5/c1-4-5-6-10-15-23(31-27(36)22-14-11-16-29-18-22)28(37)32-24(17-21-12-8-7-9-13-21)26(35)25(34)19(2)30-20(3)33/h7-9,11-14,16,18-19,23-26,34-35H,4-6,10,15,17H2,1-3H3,(H,30,33)(H,31,36)(H,32,37)/t19-,23+,24+,25+,26+/m0/s1. The Labute approximate surface area is 219 Å². The topological polar surface area (TPSA) is 141 Å². The highest BCUT2D eigenvalue weighted by Crippen LogP contribution is 2.14. The van der Waals surface area contributed by atoms with Crippen molar-refractivity contribution in [1.82, 2.24) is 20.9 Å². The molecular formula is C28H40N4O5. The van der Waals surface area contributed by atoms with Crippen molar-refractivity contribution in [3.05, 3.63) is 66.0 Å². The van der Waals surface area contributed by atoms with E-state index in [4.69, 9.17) is 0 Å². The third-order valence-corrected chi connectivity index (χ3v) is 6.22. The van der Waals surface area contributed by atoms with E-state index >= 15 is 0 Å².